The molecule has 0 saturated heterocycles. The molecule has 0 unspecified atom stereocenters. The second kappa shape index (κ2) is 5.17. The molecule has 88 valence electrons. The molecule has 1 heterocycles. The monoisotopic (exact) mass is 282 g/mol. The van der Waals surface area contributed by atoms with Crippen LogP contribution >= 0.6 is 15.9 Å². The zero-order valence-electron chi connectivity index (χ0n) is 9.80. The van der Waals surface area contributed by atoms with Gasteiger partial charge in [0, 0.05) is 12.7 Å². The molecule has 0 spiro atoms. The van der Waals surface area contributed by atoms with E-state index < -0.39 is 0 Å². The summed E-state index contributed by atoms with van der Waals surface area (Å²) in [5.41, 5.74) is 0.511. The average Bonchev–Trinajstić information content (AvgIpc) is 2.78. The fraction of sp³-hybridized carbons (Fsp3) is 0.615. The molecule has 0 aromatic carbocycles. The van der Waals surface area contributed by atoms with Crippen LogP contribution in [0.1, 0.15) is 39.0 Å². The minimum absolute atomic E-state index is 0.511. The average molecular weight is 283 g/mol. The third kappa shape index (κ3) is 2.57. The van der Waals surface area contributed by atoms with E-state index >= 15 is 0 Å². The van der Waals surface area contributed by atoms with Gasteiger partial charge in [0.15, 0.2) is 0 Å². The minimum atomic E-state index is 0.511. The Morgan fingerprint density at radius 2 is 2.19 bits per heavy atom. The van der Waals surface area contributed by atoms with Gasteiger partial charge in [-0.15, -0.1) is 0 Å². The van der Waals surface area contributed by atoms with E-state index in [1.807, 2.05) is 18.3 Å². The van der Waals surface area contributed by atoms with E-state index in [2.05, 4.69) is 33.2 Å². The summed E-state index contributed by atoms with van der Waals surface area (Å²) in [6.45, 7) is 3.36. The van der Waals surface area contributed by atoms with Crippen molar-refractivity contribution < 1.29 is 0 Å². The van der Waals surface area contributed by atoms with Crippen molar-refractivity contribution in [2.45, 2.75) is 39.0 Å². The lowest BCUT2D eigenvalue weighted by molar-refractivity contribution is 0.306. The third-order valence-electron chi connectivity index (χ3n) is 3.80. The molecule has 2 rings (SSSR count). The van der Waals surface area contributed by atoms with Crippen LogP contribution in [0.5, 0.6) is 0 Å². The highest BCUT2D eigenvalue weighted by Crippen LogP contribution is 2.41. The van der Waals surface area contributed by atoms with Gasteiger partial charge in [-0.25, -0.2) is 4.98 Å². The Morgan fingerprint density at radius 3 is 2.81 bits per heavy atom. The summed E-state index contributed by atoms with van der Waals surface area (Å²) in [7, 11) is 0. The van der Waals surface area contributed by atoms with Crippen LogP contribution in [0.2, 0.25) is 0 Å². The predicted molar refractivity (Wildman–Crippen MR) is 71.6 cm³/mol. The lowest BCUT2D eigenvalue weighted by atomic mass is 9.83. The molecule has 1 fully saturated rings. The van der Waals surface area contributed by atoms with E-state index in [-0.39, 0.29) is 0 Å². The summed E-state index contributed by atoms with van der Waals surface area (Å²) in [5.74, 6) is 0.974. The maximum atomic E-state index is 4.35. The number of anilines is 1. The summed E-state index contributed by atoms with van der Waals surface area (Å²) >= 11 is 3.52. The van der Waals surface area contributed by atoms with Crippen molar-refractivity contribution in [2.75, 3.05) is 11.9 Å². The van der Waals surface area contributed by atoms with Gasteiger partial charge in [0.2, 0.25) is 0 Å². The number of nitrogens with one attached hydrogen (secondary N) is 1. The maximum absolute atomic E-state index is 4.35. The zero-order chi connectivity index (χ0) is 11.4. The van der Waals surface area contributed by atoms with Gasteiger partial charge >= 0.3 is 0 Å². The van der Waals surface area contributed by atoms with E-state index in [9.17, 15) is 0 Å². The molecule has 0 aliphatic heterocycles. The Labute approximate surface area is 106 Å². The van der Waals surface area contributed by atoms with Crippen molar-refractivity contribution in [3.05, 3.63) is 22.8 Å². The molecule has 3 heteroatoms. The number of aromatic nitrogens is 1. The summed E-state index contributed by atoms with van der Waals surface area (Å²) in [4.78, 5) is 4.35. The van der Waals surface area contributed by atoms with Gasteiger partial charge in [-0.05, 0) is 52.7 Å². The highest BCUT2D eigenvalue weighted by molar-refractivity contribution is 9.10. The molecule has 1 aromatic heterocycles. The van der Waals surface area contributed by atoms with Crippen LogP contribution in [0.3, 0.4) is 0 Å². The number of pyridine rings is 1. The number of nitrogens with zero attached hydrogens (tertiary/aromatic N) is 1. The first-order valence-corrected chi connectivity index (χ1v) is 6.89. The molecule has 0 radical (unpaired) electrons. The van der Waals surface area contributed by atoms with Crippen molar-refractivity contribution in [3.8, 4) is 0 Å². The number of halogens is 1. The lowest BCUT2D eigenvalue weighted by Crippen LogP contribution is -2.26. The standard InChI is InChI=1S/C13H19BrN2/c1-2-13(7-3-4-8-13)10-16-12-11(14)6-5-9-15-12/h5-6,9H,2-4,7-8,10H2,1H3,(H,15,16). The highest BCUT2D eigenvalue weighted by Gasteiger charge is 2.31. The number of hydrogen-bond donors (Lipinski definition) is 1. The molecule has 0 amide bonds. The van der Waals surface area contributed by atoms with Gasteiger partial charge in [0.25, 0.3) is 0 Å². The Hall–Kier alpha value is -0.570. The topological polar surface area (TPSA) is 24.9 Å². The predicted octanol–water partition coefficient (Wildman–Crippen LogP) is 4.23. The number of rotatable bonds is 4. The van der Waals surface area contributed by atoms with E-state index in [1.165, 1.54) is 32.1 Å². The van der Waals surface area contributed by atoms with Gasteiger partial charge in [-0.3, -0.25) is 0 Å². The molecule has 16 heavy (non-hydrogen) atoms. The highest BCUT2D eigenvalue weighted by atomic mass is 79.9. The fourth-order valence-electron chi connectivity index (χ4n) is 2.57. The summed E-state index contributed by atoms with van der Waals surface area (Å²) < 4.78 is 1.05. The Morgan fingerprint density at radius 1 is 1.44 bits per heavy atom. The first-order chi connectivity index (χ1) is 7.76. The van der Waals surface area contributed by atoms with Crippen LogP contribution < -0.4 is 5.32 Å². The lowest BCUT2D eigenvalue weighted by Gasteiger charge is -2.28. The van der Waals surface area contributed by atoms with E-state index in [0.717, 1.165) is 16.8 Å². The van der Waals surface area contributed by atoms with Gasteiger partial charge in [0.1, 0.15) is 5.82 Å². The van der Waals surface area contributed by atoms with Crippen LogP contribution in [-0.2, 0) is 0 Å². The molecule has 2 nitrogen and oxygen atoms in total. The van der Waals surface area contributed by atoms with Gasteiger partial charge in [0.05, 0.1) is 4.47 Å². The zero-order valence-corrected chi connectivity index (χ0v) is 11.4. The summed E-state index contributed by atoms with van der Waals surface area (Å²) in [5, 5.41) is 3.49. The van der Waals surface area contributed by atoms with Gasteiger partial charge < -0.3 is 5.32 Å². The van der Waals surface area contributed by atoms with E-state index in [1.54, 1.807) is 0 Å². The Balaban J connectivity index is 1.98. The first kappa shape index (κ1) is 11.9. The van der Waals surface area contributed by atoms with Crippen LogP contribution in [0.15, 0.2) is 22.8 Å². The summed E-state index contributed by atoms with van der Waals surface area (Å²) in [6, 6.07) is 3.98. The number of hydrogen-bond acceptors (Lipinski definition) is 2. The van der Waals surface area contributed by atoms with E-state index in [0.29, 0.717) is 5.41 Å². The minimum Gasteiger partial charge on any atom is -0.369 e. The smallest absolute Gasteiger partial charge is 0.140 e. The van der Waals surface area contributed by atoms with Crippen molar-refractivity contribution >= 4 is 21.7 Å². The van der Waals surface area contributed by atoms with Gasteiger partial charge in [-0.1, -0.05) is 19.8 Å². The molecule has 0 bridgehead atoms. The van der Waals surface area contributed by atoms with Crippen molar-refractivity contribution in [2.24, 2.45) is 5.41 Å². The van der Waals surface area contributed by atoms with Crippen LogP contribution in [0, 0.1) is 5.41 Å². The van der Waals surface area contributed by atoms with E-state index in [4.69, 9.17) is 0 Å². The van der Waals surface area contributed by atoms with Crippen molar-refractivity contribution in [1.29, 1.82) is 0 Å². The normalized spacial score (nSPS) is 18.6. The third-order valence-corrected chi connectivity index (χ3v) is 4.44. The molecular weight excluding hydrogens is 264 g/mol. The molecule has 1 saturated carbocycles. The van der Waals surface area contributed by atoms with Crippen LogP contribution in [-0.4, -0.2) is 11.5 Å². The Kier molecular flexibility index (Phi) is 3.85. The quantitative estimate of drug-likeness (QED) is 0.894. The molecule has 1 aliphatic rings. The molecular formula is C13H19BrN2. The second-order valence-corrected chi connectivity index (χ2v) is 5.60. The van der Waals surface area contributed by atoms with Gasteiger partial charge in [-0.2, -0.15) is 0 Å². The SMILES string of the molecule is CCC1(CNc2ncccc2Br)CCCC1. The molecule has 1 N–H and O–H groups in total. The molecule has 1 aliphatic carbocycles. The fourth-order valence-corrected chi connectivity index (χ4v) is 2.96. The molecule has 1 aromatic rings. The molecule has 0 atom stereocenters. The van der Waals surface area contributed by atoms with Crippen molar-refractivity contribution in [1.82, 2.24) is 4.98 Å². The first-order valence-electron chi connectivity index (χ1n) is 6.10. The van der Waals surface area contributed by atoms with Crippen LogP contribution in [0.25, 0.3) is 0 Å². The largest absolute Gasteiger partial charge is 0.369 e. The van der Waals surface area contributed by atoms with Crippen molar-refractivity contribution in [3.63, 3.8) is 0 Å². The maximum Gasteiger partial charge on any atom is 0.140 e. The Bertz CT molecular complexity index is 346. The summed E-state index contributed by atoms with van der Waals surface area (Å²) in [6.07, 6.45) is 8.60. The van der Waals surface area contributed by atoms with Crippen LogP contribution in [0.4, 0.5) is 5.82 Å². The second-order valence-electron chi connectivity index (χ2n) is 4.75.